The first-order valence-corrected chi connectivity index (χ1v) is 7.82. The van der Waals surface area contributed by atoms with Crippen LogP contribution in [0.1, 0.15) is 33.2 Å². The maximum absolute atomic E-state index is 12.0. The third-order valence-corrected chi connectivity index (χ3v) is 3.34. The summed E-state index contributed by atoms with van der Waals surface area (Å²) >= 11 is 0. The Morgan fingerprint density at radius 1 is 0.962 bits per heavy atom. The summed E-state index contributed by atoms with van der Waals surface area (Å²) in [4.78, 5) is 34.3. The average Bonchev–Trinajstić information content (AvgIpc) is 2.65. The Kier molecular flexibility index (Phi) is 6.52. The van der Waals surface area contributed by atoms with Gasteiger partial charge in [0.15, 0.2) is 0 Å². The van der Waals surface area contributed by atoms with Crippen LogP contribution in [0.3, 0.4) is 0 Å². The molecule has 0 spiro atoms. The summed E-state index contributed by atoms with van der Waals surface area (Å²) in [6.07, 6.45) is 0. The van der Waals surface area contributed by atoms with Crippen LogP contribution in [0.25, 0.3) is 0 Å². The van der Waals surface area contributed by atoms with Crippen LogP contribution >= 0.6 is 0 Å². The van der Waals surface area contributed by atoms with E-state index in [1.807, 2.05) is 0 Å². The molecule has 0 aliphatic rings. The van der Waals surface area contributed by atoms with Crippen molar-refractivity contribution >= 4 is 23.5 Å². The van der Waals surface area contributed by atoms with E-state index < -0.39 is 5.97 Å². The van der Waals surface area contributed by atoms with Gasteiger partial charge in [0.25, 0.3) is 5.91 Å². The number of benzene rings is 2. The molecule has 6 heteroatoms. The molecule has 0 aliphatic heterocycles. The third kappa shape index (κ3) is 5.49. The zero-order chi connectivity index (χ0) is 18.9. The first-order chi connectivity index (χ1) is 12.5. The molecule has 2 rings (SSSR count). The minimum atomic E-state index is -0.452. The highest BCUT2D eigenvalue weighted by Gasteiger charge is 2.08. The van der Waals surface area contributed by atoms with Gasteiger partial charge in [-0.2, -0.15) is 0 Å². The van der Waals surface area contributed by atoms with Gasteiger partial charge in [-0.15, -0.1) is 0 Å². The van der Waals surface area contributed by atoms with Gasteiger partial charge in [-0.3, -0.25) is 9.59 Å². The molecule has 0 saturated heterocycles. The molecule has 2 N–H and O–H groups in total. The first kappa shape index (κ1) is 18.7. The molecule has 0 radical (unpaired) electrons. The van der Waals surface area contributed by atoms with E-state index in [2.05, 4.69) is 27.2 Å². The van der Waals surface area contributed by atoms with Crippen LogP contribution < -0.4 is 10.6 Å². The SMILES string of the molecule is COC(=O)c1ccc(C(=O)NCC#Cc2ccc(NC(C)=O)cc2)cc1. The summed E-state index contributed by atoms with van der Waals surface area (Å²) in [5, 5.41) is 5.36. The van der Waals surface area contributed by atoms with E-state index in [1.165, 1.54) is 26.2 Å². The highest BCUT2D eigenvalue weighted by molar-refractivity contribution is 5.96. The summed E-state index contributed by atoms with van der Waals surface area (Å²) in [5.74, 6) is 4.92. The Balaban J connectivity index is 1.87. The van der Waals surface area contributed by atoms with Crippen LogP contribution in [0, 0.1) is 11.8 Å². The molecule has 6 nitrogen and oxygen atoms in total. The Morgan fingerprint density at radius 2 is 1.58 bits per heavy atom. The second-order valence-electron chi connectivity index (χ2n) is 5.31. The highest BCUT2D eigenvalue weighted by Crippen LogP contribution is 2.08. The van der Waals surface area contributed by atoms with Gasteiger partial charge >= 0.3 is 5.97 Å². The lowest BCUT2D eigenvalue weighted by Gasteiger charge is -2.03. The van der Waals surface area contributed by atoms with Gasteiger partial charge in [0.05, 0.1) is 19.2 Å². The molecular formula is C20H18N2O4. The van der Waals surface area contributed by atoms with Gasteiger partial charge in [-0.05, 0) is 48.5 Å². The molecule has 0 aromatic heterocycles. The molecule has 0 atom stereocenters. The number of esters is 1. The second kappa shape index (κ2) is 9.04. The first-order valence-electron chi connectivity index (χ1n) is 7.82. The number of hydrogen-bond acceptors (Lipinski definition) is 4. The van der Waals surface area contributed by atoms with Gasteiger partial charge < -0.3 is 15.4 Å². The van der Waals surface area contributed by atoms with E-state index >= 15 is 0 Å². The van der Waals surface area contributed by atoms with Crippen molar-refractivity contribution in [1.82, 2.24) is 5.32 Å². The average molecular weight is 350 g/mol. The Morgan fingerprint density at radius 3 is 2.15 bits per heavy atom. The van der Waals surface area contributed by atoms with E-state index in [-0.39, 0.29) is 18.4 Å². The minimum Gasteiger partial charge on any atom is -0.465 e. The van der Waals surface area contributed by atoms with Crippen molar-refractivity contribution in [3.63, 3.8) is 0 Å². The molecule has 0 heterocycles. The normalized spacial score (nSPS) is 9.46. The molecule has 0 fully saturated rings. The number of ether oxygens (including phenoxy) is 1. The molecule has 0 aliphatic carbocycles. The third-order valence-electron chi connectivity index (χ3n) is 3.34. The van der Waals surface area contributed by atoms with Gasteiger partial charge in [-0.1, -0.05) is 11.8 Å². The number of rotatable bonds is 4. The van der Waals surface area contributed by atoms with Crippen molar-refractivity contribution in [1.29, 1.82) is 0 Å². The van der Waals surface area contributed by atoms with Crippen LogP contribution in [0.2, 0.25) is 0 Å². The number of carbonyl (C=O) groups excluding carboxylic acids is 3. The van der Waals surface area contributed by atoms with Crippen molar-refractivity contribution in [3.05, 3.63) is 65.2 Å². The van der Waals surface area contributed by atoms with Gasteiger partial charge in [0.2, 0.25) is 5.91 Å². The fraction of sp³-hybridized carbons (Fsp3) is 0.150. The topological polar surface area (TPSA) is 84.5 Å². The Labute approximate surface area is 151 Å². The van der Waals surface area contributed by atoms with Crippen LogP contribution in [0.15, 0.2) is 48.5 Å². The monoisotopic (exact) mass is 350 g/mol. The zero-order valence-electron chi connectivity index (χ0n) is 14.5. The lowest BCUT2D eigenvalue weighted by molar-refractivity contribution is -0.114. The second-order valence-corrected chi connectivity index (χ2v) is 5.31. The number of carbonyl (C=O) groups is 3. The maximum atomic E-state index is 12.0. The van der Waals surface area contributed by atoms with Crippen LogP contribution in [-0.2, 0) is 9.53 Å². The summed E-state index contributed by atoms with van der Waals surface area (Å²) in [6, 6.07) is 13.2. The number of anilines is 1. The van der Waals surface area contributed by atoms with E-state index in [4.69, 9.17) is 0 Å². The van der Waals surface area contributed by atoms with Crippen molar-refractivity contribution < 1.29 is 19.1 Å². The van der Waals surface area contributed by atoms with Crippen molar-refractivity contribution in [2.45, 2.75) is 6.92 Å². The van der Waals surface area contributed by atoms with Gasteiger partial charge in [0.1, 0.15) is 0 Å². The molecular weight excluding hydrogens is 332 g/mol. The Hall–Kier alpha value is -3.59. The lowest BCUT2D eigenvalue weighted by atomic mass is 10.1. The fourth-order valence-corrected chi connectivity index (χ4v) is 2.09. The summed E-state index contributed by atoms with van der Waals surface area (Å²) < 4.78 is 4.61. The van der Waals surface area contributed by atoms with E-state index in [1.54, 1.807) is 36.4 Å². The zero-order valence-corrected chi connectivity index (χ0v) is 14.5. The van der Waals surface area contributed by atoms with Crippen LogP contribution in [0.4, 0.5) is 5.69 Å². The van der Waals surface area contributed by atoms with Crippen LogP contribution in [0.5, 0.6) is 0 Å². The molecule has 0 unspecified atom stereocenters. The molecule has 0 bridgehead atoms. The molecule has 132 valence electrons. The number of hydrogen-bond donors (Lipinski definition) is 2. The molecule has 2 aromatic rings. The van der Waals surface area contributed by atoms with E-state index in [0.29, 0.717) is 16.8 Å². The fourth-order valence-electron chi connectivity index (χ4n) is 2.09. The molecule has 0 saturated carbocycles. The van der Waals surface area contributed by atoms with Gasteiger partial charge in [0, 0.05) is 23.7 Å². The summed E-state index contributed by atoms with van der Waals surface area (Å²) in [7, 11) is 1.30. The van der Waals surface area contributed by atoms with Crippen molar-refractivity contribution in [2.75, 3.05) is 19.0 Å². The number of nitrogens with one attached hydrogen (secondary N) is 2. The maximum Gasteiger partial charge on any atom is 0.337 e. The Bertz CT molecular complexity index is 859. The van der Waals surface area contributed by atoms with Crippen LogP contribution in [-0.4, -0.2) is 31.4 Å². The minimum absolute atomic E-state index is 0.133. The van der Waals surface area contributed by atoms with Gasteiger partial charge in [-0.25, -0.2) is 4.79 Å². The quantitative estimate of drug-likeness (QED) is 0.654. The summed E-state index contributed by atoms with van der Waals surface area (Å²) in [5.41, 5.74) is 2.29. The number of amides is 2. The predicted molar refractivity (Wildman–Crippen MR) is 97.7 cm³/mol. The number of methoxy groups -OCH3 is 1. The lowest BCUT2D eigenvalue weighted by Crippen LogP contribution is -2.23. The largest absolute Gasteiger partial charge is 0.465 e. The standard InChI is InChI=1S/C20H18N2O4/c1-14(23)22-18-11-5-15(6-12-18)4-3-13-21-19(24)16-7-9-17(10-8-16)20(25)26-2/h5-12H,13H2,1-2H3,(H,21,24)(H,22,23). The molecule has 2 amide bonds. The molecule has 2 aromatic carbocycles. The smallest absolute Gasteiger partial charge is 0.337 e. The van der Waals surface area contributed by atoms with Crippen molar-refractivity contribution in [2.24, 2.45) is 0 Å². The van der Waals surface area contributed by atoms with E-state index in [0.717, 1.165) is 5.56 Å². The molecule has 26 heavy (non-hydrogen) atoms. The summed E-state index contributed by atoms with van der Waals surface area (Å²) in [6.45, 7) is 1.63. The predicted octanol–water partition coefficient (Wildman–Crippen LogP) is 2.21. The highest BCUT2D eigenvalue weighted by atomic mass is 16.5. The van der Waals surface area contributed by atoms with E-state index in [9.17, 15) is 14.4 Å². The van der Waals surface area contributed by atoms with Crippen molar-refractivity contribution in [3.8, 4) is 11.8 Å².